The molecule has 0 atom stereocenters. The quantitative estimate of drug-likeness (QED) is 0.827. The zero-order chi connectivity index (χ0) is 17.2. The van der Waals surface area contributed by atoms with Crippen molar-refractivity contribution in [1.82, 2.24) is 14.8 Å². The third kappa shape index (κ3) is 3.65. The Morgan fingerprint density at radius 1 is 1.25 bits per heavy atom. The molecule has 2 saturated heterocycles. The highest BCUT2D eigenvalue weighted by atomic mass is 32.2. The van der Waals surface area contributed by atoms with E-state index < -0.39 is 10.0 Å². The van der Waals surface area contributed by atoms with Crippen molar-refractivity contribution in [3.05, 3.63) is 11.5 Å². The fraction of sp³-hybridized carbons (Fsp3) is 0.800. The molecule has 1 aromatic heterocycles. The van der Waals surface area contributed by atoms with E-state index >= 15 is 0 Å². The van der Waals surface area contributed by atoms with Crippen LogP contribution in [0.1, 0.15) is 24.3 Å². The Labute approximate surface area is 147 Å². The Kier molecular flexibility index (Phi) is 5.55. The molecule has 9 heteroatoms. The lowest BCUT2D eigenvalue weighted by Gasteiger charge is -2.47. The van der Waals surface area contributed by atoms with Gasteiger partial charge in [0.25, 0.3) is 0 Å². The molecule has 0 amide bonds. The first-order valence-electron chi connectivity index (χ1n) is 8.28. The van der Waals surface area contributed by atoms with Crippen LogP contribution in [0.5, 0.6) is 0 Å². The van der Waals surface area contributed by atoms with Crippen molar-refractivity contribution in [3.8, 4) is 0 Å². The van der Waals surface area contributed by atoms with Gasteiger partial charge in [0.05, 0.1) is 0 Å². The van der Waals surface area contributed by atoms with E-state index in [9.17, 15) is 8.42 Å². The minimum atomic E-state index is -3.63. The van der Waals surface area contributed by atoms with E-state index in [4.69, 9.17) is 9.26 Å². The number of ether oxygens (including phenoxy) is 1. The molecule has 2 aliphatic rings. The van der Waals surface area contributed by atoms with Crippen molar-refractivity contribution < 1.29 is 17.7 Å². The number of aryl methyl sites for hydroxylation is 2. The number of nitrogens with one attached hydrogen (secondary N) is 1. The maximum atomic E-state index is 12.7. The van der Waals surface area contributed by atoms with E-state index in [-0.39, 0.29) is 10.4 Å². The minimum Gasteiger partial charge on any atom is -0.381 e. The summed E-state index contributed by atoms with van der Waals surface area (Å²) in [7, 11) is -3.63. The lowest BCUT2D eigenvalue weighted by atomic mass is 9.88. The predicted octanol–water partition coefficient (Wildman–Crippen LogP) is 1.17. The molecule has 24 heavy (non-hydrogen) atoms. The van der Waals surface area contributed by atoms with Crippen molar-refractivity contribution in [2.45, 2.75) is 37.1 Å². The van der Waals surface area contributed by atoms with Gasteiger partial charge in [-0.3, -0.25) is 4.90 Å². The molecule has 2 aliphatic heterocycles. The zero-order valence-corrected chi connectivity index (χ0v) is 15.8. The normalized spacial score (nSPS) is 22.6. The van der Waals surface area contributed by atoms with Crippen LogP contribution in [-0.4, -0.2) is 68.4 Å². The second-order valence-corrected chi connectivity index (χ2v) is 9.34. The standard InChI is InChI=1S/C15H25N3O4S2/c1-12-14(13(2)22-17-12)24(19,20)16-11-15(3-7-21-8-4-15)18-5-9-23-10-6-18/h16H,3-11H2,1-2H3. The van der Waals surface area contributed by atoms with Crippen molar-refractivity contribution in [1.29, 1.82) is 0 Å². The van der Waals surface area contributed by atoms with Crippen LogP contribution in [0.15, 0.2) is 9.42 Å². The molecule has 0 radical (unpaired) electrons. The van der Waals surface area contributed by atoms with E-state index in [0.29, 0.717) is 31.2 Å². The SMILES string of the molecule is Cc1noc(C)c1S(=O)(=O)NCC1(N2CCSCC2)CCOCC1. The summed E-state index contributed by atoms with van der Waals surface area (Å²) >= 11 is 1.95. The number of sulfonamides is 1. The Balaban J connectivity index is 1.78. The predicted molar refractivity (Wildman–Crippen MR) is 92.8 cm³/mol. The van der Waals surface area contributed by atoms with Crippen LogP contribution in [0.25, 0.3) is 0 Å². The molecule has 0 aromatic carbocycles. The van der Waals surface area contributed by atoms with E-state index in [2.05, 4.69) is 14.8 Å². The van der Waals surface area contributed by atoms with E-state index in [1.54, 1.807) is 13.8 Å². The number of aromatic nitrogens is 1. The fourth-order valence-corrected chi connectivity index (χ4v) is 5.90. The third-order valence-electron chi connectivity index (χ3n) is 4.93. The largest absolute Gasteiger partial charge is 0.381 e. The van der Waals surface area contributed by atoms with Gasteiger partial charge in [-0.15, -0.1) is 0 Å². The smallest absolute Gasteiger partial charge is 0.246 e. The Bertz CT molecular complexity index is 643. The lowest BCUT2D eigenvalue weighted by molar-refractivity contribution is -0.0218. The molecule has 0 bridgehead atoms. The summed E-state index contributed by atoms with van der Waals surface area (Å²) in [5, 5.41) is 3.76. The maximum absolute atomic E-state index is 12.7. The monoisotopic (exact) mass is 375 g/mol. The molecule has 136 valence electrons. The lowest BCUT2D eigenvalue weighted by Crippen LogP contribution is -2.60. The minimum absolute atomic E-state index is 0.161. The number of rotatable bonds is 5. The molecule has 1 aromatic rings. The van der Waals surface area contributed by atoms with Crippen LogP contribution in [0.2, 0.25) is 0 Å². The maximum Gasteiger partial charge on any atom is 0.246 e. The van der Waals surface area contributed by atoms with Gasteiger partial charge in [0, 0.05) is 49.9 Å². The molecule has 1 N–H and O–H groups in total. The Hall–Kier alpha value is -0.610. The van der Waals surface area contributed by atoms with Crippen molar-refractivity contribution in [2.75, 3.05) is 44.4 Å². The Morgan fingerprint density at radius 2 is 1.92 bits per heavy atom. The molecular formula is C15H25N3O4S2. The molecular weight excluding hydrogens is 350 g/mol. The molecule has 7 nitrogen and oxygen atoms in total. The molecule has 0 aliphatic carbocycles. The van der Waals surface area contributed by atoms with Gasteiger partial charge in [-0.2, -0.15) is 11.8 Å². The van der Waals surface area contributed by atoms with Gasteiger partial charge in [0.2, 0.25) is 10.0 Å². The van der Waals surface area contributed by atoms with Crippen LogP contribution < -0.4 is 4.72 Å². The average Bonchev–Trinajstić information content (AvgIpc) is 2.94. The van der Waals surface area contributed by atoms with Crippen molar-refractivity contribution >= 4 is 21.8 Å². The van der Waals surface area contributed by atoms with Crippen molar-refractivity contribution in [2.24, 2.45) is 0 Å². The zero-order valence-electron chi connectivity index (χ0n) is 14.2. The summed E-state index contributed by atoms with van der Waals surface area (Å²) in [6, 6.07) is 0. The fourth-order valence-electron chi connectivity index (χ4n) is 3.55. The number of hydrogen-bond donors (Lipinski definition) is 1. The molecule has 0 spiro atoms. The first-order chi connectivity index (χ1) is 11.4. The van der Waals surface area contributed by atoms with E-state index in [1.165, 1.54) is 0 Å². The van der Waals surface area contributed by atoms with Crippen molar-refractivity contribution in [3.63, 3.8) is 0 Å². The summed E-state index contributed by atoms with van der Waals surface area (Å²) < 4.78 is 38.8. The van der Waals surface area contributed by atoms with Gasteiger partial charge in [0.1, 0.15) is 10.6 Å². The van der Waals surface area contributed by atoms with Gasteiger partial charge in [-0.05, 0) is 26.7 Å². The van der Waals surface area contributed by atoms with Gasteiger partial charge in [0.15, 0.2) is 5.76 Å². The van der Waals surface area contributed by atoms with Crippen LogP contribution in [0.4, 0.5) is 0 Å². The second kappa shape index (κ2) is 7.33. The van der Waals surface area contributed by atoms with Gasteiger partial charge in [-0.25, -0.2) is 13.1 Å². The Morgan fingerprint density at radius 3 is 2.50 bits per heavy atom. The van der Waals surface area contributed by atoms with Gasteiger partial charge < -0.3 is 9.26 Å². The first-order valence-corrected chi connectivity index (χ1v) is 10.9. The highest BCUT2D eigenvalue weighted by Crippen LogP contribution is 2.30. The molecule has 0 saturated carbocycles. The highest BCUT2D eigenvalue weighted by molar-refractivity contribution is 7.99. The first kappa shape index (κ1) is 18.2. The molecule has 3 heterocycles. The van der Waals surface area contributed by atoms with Crippen LogP contribution in [-0.2, 0) is 14.8 Å². The number of nitrogens with zero attached hydrogens (tertiary/aromatic N) is 2. The molecule has 3 rings (SSSR count). The summed E-state index contributed by atoms with van der Waals surface area (Å²) in [6.07, 6.45) is 1.70. The topological polar surface area (TPSA) is 84.7 Å². The van der Waals surface area contributed by atoms with Crippen LogP contribution in [0, 0.1) is 13.8 Å². The third-order valence-corrected chi connectivity index (χ3v) is 7.52. The summed E-state index contributed by atoms with van der Waals surface area (Å²) in [4.78, 5) is 2.61. The summed E-state index contributed by atoms with van der Waals surface area (Å²) in [5.41, 5.74) is 0.237. The van der Waals surface area contributed by atoms with Gasteiger partial charge >= 0.3 is 0 Å². The molecule has 0 unspecified atom stereocenters. The summed E-state index contributed by atoms with van der Waals surface area (Å²) in [5.74, 6) is 2.52. The highest BCUT2D eigenvalue weighted by Gasteiger charge is 2.40. The number of thioether (sulfide) groups is 1. The summed E-state index contributed by atoms with van der Waals surface area (Å²) in [6.45, 7) is 7.02. The van der Waals surface area contributed by atoms with Crippen LogP contribution in [0.3, 0.4) is 0 Å². The average molecular weight is 376 g/mol. The second-order valence-electron chi connectivity index (χ2n) is 6.41. The molecule has 2 fully saturated rings. The van der Waals surface area contributed by atoms with E-state index in [0.717, 1.165) is 37.4 Å². The van der Waals surface area contributed by atoms with E-state index in [1.807, 2.05) is 11.8 Å². The number of hydrogen-bond acceptors (Lipinski definition) is 7. The van der Waals surface area contributed by atoms with Crippen LogP contribution >= 0.6 is 11.8 Å². The van der Waals surface area contributed by atoms with Gasteiger partial charge in [-0.1, -0.05) is 5.16 Å².